The van der Waals surface area contributed by atoms with Crippen LogP contribution in [0.5, 0.6) is 0 Å². The average Bonchev–Trinajstić information content (AvgIpc) is 2.05. The number of hydrogen-bond donors (Lipinski definition) is 0. The van der Waals surface area contributed by atoms with Gasteiger partial charge in [0.2, 0.25) is 0 Å². The normalized spacial score (nSPS) is 30.1. The zero-order valence-corrected chi connectivity index (χ0v) is 9.76. The highest BCUT2D eigenvalue weighted by Crippen LogP contribution is 2.23. The average molecular weight is 188 g/mol. The third kappa shape index (κ3) is 2.60. The van der Waals surface area contributed by atoms with Crippen molar-refractivity contribution in [1.82, 2.24) is 0 Å². The molecule has 4 heteroatoms. The highest BCUT2D eigenvalue weighted by molar-refractivity contribution is 6.14. The Morgan fingerprint density at radius 2 is 2.42 bits per heavy atom. The van der Waals surface area contributed by atoms with Crippen LogP contribution in [0.3, 0.4) is 0 Å². The van der Waals surface area contributed by atoms with E-state index in [0.717, 1.165) is 36.1 Å². The molecule has 12 heavy (non-hydrogen) atoms. The fourth-order valence-corrected chi connectivity index (χ4v) is 2.09. The van der Waals surface area contributed by atoms with Crippen LogP contribution in [-0.4, -0.2) is 28.2 Å². The summed E-state index contributed by atoms with van der Waals surface area (Å²) in [5.41, 5.74) is -0.509. The molecule has 3 nitrogen and oxygen atoms in total. The van der Waals surface area contributed by atoms with E-state index < -0.39 is 5.41 Å². The summed E-state index contributed by atoms with van der Waals surface area (Å²) in [6, 6.07) is 0. The molecule has 0 aromatic rings. The van der Waals surface area contributed by atoms with Crippen LogP contribution < -0.4 is 0 Å². The SMILES string of the molecule is CCC(=O)OC1([SiH3])CCCCO1. The minimum Gasteiger partial charge on any atom is -0.438 e. The van der Waals surface area contributed by atoms with Crippen molar-refractivity contribution >= 4 is 16.2 Å². The third-order valence-corrected chi connectivity index (χ3v) is 3.04. The molecular weight excluding hydrogens is 172 g/mol. The molecule has 0 aliphatic carbocycles. The van der Waals surface area contributed by atoms with Gasteiger partial charge in [-0.15, -0.1) is 0 Å². The Morgan fingerprint density at radius 3 is 2.92 bits per heavy atom. The molecule has 1 heterocycles. The topological polar surface area (TPSA) is 35.5 Å². The van der Waals surface area contributed by atoms with Crippen LogP contribution in [0.25, 0.3) is 0 Å². The minimum absolute atomic E-state index is 0.146. The summed E-state index contributed by atoms with van der Waals surface area (Å²) in [5, 5.41) is 0. The molecule has 1 rings (SSSR count). The van der Waals surface area contributed by atoms with Gasteiger partial charge in [0.1, 0.15) is 0 Å². The first-order valence-electron chi connectivity index (χ1n) is 4.52. The van der Waals surface area contributed by atoms with Crippen LogP contribution >= 0.6 is 0 Å². The molecule has 0 spiro atoms. The van der Waals surface area contributed by atoms with Crippen LogP contribution in [0.1, 0.15) is 32.6 Å². The molecule has 0 aromatic carbocycles. The summed E-state index contributed by atoms with van der Waals surface area (Å²) in [6.45, 7) is 2.54. The highest BCUT2D eigenvalue weighted by Gasteiger charge is 2.30. The molecule has 0 amide bonds. The van der Waals surface area contributed by atoms with E-state index in [1.807, 2.05) is 0 Å². The molecule has 0 radical (unpaired) electrons. The van der Waals surface area contributed by atoms with E-state index >= 15 is 0 Å². The number of hydrogen-bond acceptors (Lipinski definition) is 3. The summed E-state index contributed by atoms with van der Waals surface area (Å²) in [4.78, 5) is 11.0. The van der Waals surface area contributed by atoms with E-state index in [9.17, 15) is 4.79 Å². The fourth-order valence-electron chi connectivity index (χ4n) is 1.30. The predicted octanol–water partition coefficient (Wildman–Crippen LogP) is 0.159. The molecular formula is C8H16O3Si. The van der Waals surface area contributed by atoms with Crippen LogP contribution in [-0.2, 0) is 14.3 Å². The lowest BCUT2D eigenvalue weighted by Crippen LogP contribution is -2.41. The Balaban J connectivity index is 2.41. The van der Waals surface area contributed by atoms with Gasteiger partial charge < -0.3 is 9.47 Å². The quantitative estimate of drug-likeness (QED) is 0.457. The van der Waals surface area contributed by atoms with Gasteiger partial charge in [-0.2, -0.15) is 0 Å². The van der Waals surface area contributed by atoms with Crippen molar-refractivity contribution in [2.24, 2.45) is 0 Å². The lowest BCUT2D eigenvalue weighted by Gasteiger charge is -2.33. The van der Waals surface area contributed by atoms with Crippen LogP contribution in [0.15, 0.2) is 0 Å². The largest absolute Gasteiger partial charge is 0.438 e. The van der Waals surface area contributed by atoms with Gasteiger partial charge in [-0.05, 0) is 12.8 Å². The molecule has 1 atom stereocenters. The maximum atomic E-state index is 11.0. The lowest BCUT2D eigenvalue weighted by molar-refractivity contribution is -0.205. The monoisotopic (exact) mass is 188 g/mol. The van der Waals surface area contributed by atoms with E-state index in [0.29, 0.717) is 6.42 Å². The van der Waals surface area contributed by atoms with E-state index in [1.165, 1.54) is 0 Å². The molecule has 0 saturated carbocycles. The molecule has 1 fully saturated rings. The smallest absolute Gasteiger partial charge is 0.307 e. The van der Waals surface area contributed by atoms with Gasteiger partial charge in [-0.25, -0.2) is 0 Å². The number of carbonyl (C=O) groups excluding carboxylic acids is 1. The van der Waals surface area contributed by atoms with Crippen LogP contribution in [0.2, 0.25) is 0 Å². The predicted molar refractivity (Wildman–Crippen MR) is 48.9 cm³/mol. The van der Waals surface area contributed by atoms with Gasteiger partial charge in [-0.3, -0.25) is 4.79 Å². The molecule has 0 aromatic heterocycles. The first kappa shape index (κ1) is 9.73. The van der Waals surface area contributed by atoms with Gasteiger partial charge in [0.15, 0.2) is 5.41 Å². The Kier molecular flexibility index (Phi) is 3.28. The van der Waals surface area contributed by atoms with Gasteiger partial charge in [0.05, 0.1) is 16.8 Å². The molecule has 1 aliphatic rings. The number of rotatable bonds is 2. The molecule has 0 bridgehead atoms. The van der Waals surface area contributed by atoms with Crippen molar-refractivity contribution in [2.75, 3.05) is 6.61 Å². The maximum Gasteiger partial charge on any atom is 0.307 e. The molecule has 1 saturated heterocycles. The van der Waals surface area contributed by atoms with Crippen LogP contribution in [0, 0.1) is 0 Å². The van der Waals surface area contributed by atoms with Gasteiger partial charge in [0, 0.05) is 12.8 Å². The van der Waals surface area contributed by atoms with Crippen molar-refractivity contribution in [3.63, 3.8) is 0 Å². The molecule has 1 aliphatic heterocycles. The lowest BCUT2D eigenvalue weighted by atomic mass is 10.2. The Morgan fingerprint density at radius 1 is 1.67 bits per heavy atom. The Labute approximate surface area is 75.8 Å². The van der Waals surface area contributed by atoms with Gasteiger partial charge >= 0.3 is 5.97 Å². The standard InChI is InChI=1S/C8H16O3Si/c1-2-7(9)11-8(12)5-3-4-6-10-8/h2-6H2,1,12H3. The second-order valence-electron chi connectivity index (χ2n) is 3.27. The van der Waals surface area contributed by atoms with Gasteiger partial charge in [0.25, 0.3) is 0 Å². The zero-order valence-electron chi connectivity index (χ0n) is 7.76. The van der Waals surface area contributed by atoms with E-state index in [2.05, 4.69) is 0 Å². The zero-order chi connectivity index (χ0) is 9.03. The Hall–Kier alpha value is -0.353. The molecule has 1 unspecified atom stereocenters. The van der Waals surface area contributed by atoms with Crippen molar-refractivity contribution < 1.29 is 14.3 Å². The van der Waals surface area contributed by atoms with Gasteiger partial charge in [-0.1, -0.05) is 6.92 Å². The first-order chi connectivity index (χ1) is 5.66. The van der Waals surface area contributed by atoms with Crippen molar-refractivity contribution in [1.29, 1.82) is 0 Å². The van der Waals surface area contributed by atoms with E-state index in [-0.39, 0.29) is 5.97 Å². The van der Waals surface area contributed by atoms with Crippen molar-refractivity contribution in [3.8, 4) is 0 Å². The van der Waals surface area contributed by atoms with Crippen molar-refractivity contribution in [3.05, 3.63) is 0 Å². The van der Waals surface area contributed by atoms with Crippen LogP contribution in [0.4, 0.5) is 0 Å². The summed E-state index contributed by atoms with van der Waals surface area (Å²) < 4.78 is 10.7. The minimum atomic E-state index is -0.509. The summed E-state index contributed by atoms with van der Waals surface area (Å²) in [6.07, 6.45) is 3.52. The first-order valence-corrected chi connectivity index (χ1v) is 5.52. The van der Waals surface area contributed by atoms with Crippen molar-refractivity contribution in [2.45, 2.75) is 38.0 Å². The van der Waals surface area contributed by atoms with E-state index in [1.54, 1.807) is 6.92 Å². The summed E-state index contributed by atoms with van der Waals surface area (Å²) >= 11 is 0. The number of esters is 1. The second-order valence-corrected chi connectivity index (χ2v) is 4.79. The Bertz CT molecular complexity index is 164. The summed E-state index contributed by atoms with van der Waals surface area (Å²) in [5.74, 6) is -0.146. The maximum absolute atomic E-state index is 11.0. The molecule has 70 valence electrons. The number of ether oxygens (including phenoxy) is 2. The second kappa shape index (κ2) is 4.05. The highest BCUT2D eigenvalue weighted by atomic mass is 28.1. The fraction of sp³-hybridized carbons (Fsp3) is 0.875. The summed E-state index contributed by atoms with van der Waals surface area (Å²) in [7, 11) is 0.767. The molecule has 0 N–H and O–H groups in total. The number of carbonyl (C=O) groups is 1. The van der Waals surface area contributed by atoms with E-state index in [4.69, 9.17) is 9.47 Å². The third-order valence-electron chi connectivity index (χ3n) is 2.05.